The molecule has 0 unspecified atom stereocenters. The van der Waals surface area contributed by atoms with Gasteiger partial charge in [-0.25, -0.2) is 4.98 Å². The number of benzene rings is 2. The maximum atomic E-state index is 10.8. The number of aliphatic hydroxyl groups excluding tert-OH is 1. The molecule has 4 heterocycles. The normalized spacial score (nSPS) is 18.5. The number of hydrogen-bond donors (Lipinski definition) is 2. The highest BCUT2D eigenvalue weighted by molar-refractivity contribution is 5.95. The second kappa shape index (κ2) is 11.7. The molecular formula is C30H37N7O3. The second-order valence-corrected chi connectivity index (χ2v) is 10.7. The van der Waals surface area contributed by atoms with E-state index in [4.69, 9.17) is 9.97 Å². The number of carbonyl (C=O) groups excluding carboxylic acids is 1. The Labute approximate surface area is 234 Å². The number of β-amino-alcohol motifs (C(OH)–C–C–N with tert-alkyl or cyclic N) is 1. The van der Waals surface area contributed by atoms with E-state index in [1.165, 1.54) is 5.56 Å². The molecule has 3 aliphatic heterocycles. The molecule has 0 aliphatic carbocycles. The van der Waals surface area contributed by atoms with Crippen LogP contribution in [0.1, 0.15) is 11.3 Å². The van der Waals surface area contributed by atoms with Crippen molar-refractivity contribution in [3.05, 3.63) is 59.9 Å². The van der Waals surface area contributed by atoms with Gasteiger partial charge in [-0.2, -0.15) is 4.98 Å². The van der Waals surface area contributed by atoms with E-state index in [1.54, 1.807) is 6.08 Å². The van der Waals surface area contributed by atoms with Crippen molar-refractivity contribution in [3.63, 3.8) is 0 Å². The summed E-state index contributed by atoms with van der Waals surface area (Å²) in [6.07, 6.45) is 5.07. The summed E-state index contributed by atoms with van der Waals surface area (Å²) in [7, 11) is 0. The van der Waals surface area contributed by atoms with Gasteiger partial charge in [0.15, 0.2) is 0 Å². The minimum Gasteiger partial charge on any atom is -0.508 e. The van der Waals surface area contributed by atoms with Crippen molar-refractivity contribution in [2.24, 2.45) is 0 Å². The maximum absolute atomic E-state index is 10.8. The average Bonchev–Trinajstić information content (AvgIpc) is 2.99. The smallest absolute Gasteiger partial charge is 0.227 e. The van der Waals surface area contributed by atoms with Crippen LogP contribution in [-0.4, -0.2) is 108 Å². The molecule has 210 valence electrons. The number of aliphatic hydroxyl groups is 1. The Morgan fingerprint density at radius 3 is 2.42 bits per heavy atom. The molecule has 3 aliphatic rings. The number of aromatic hydroxyl groups is 1. The quantitative estimate of drug-likeness (QED) is 0.339. The number of carbonyl (C=O) groups is 1. The van der Waals surface area contributed by atoms with Gasteiger partial charge in [0.1, 0.15) is 17.9 Å². The molecule has 6 rings (SSSR count). The fourth-order valence-electron chi connectivity index (χ4n) is 6.10. The van der Waals surface area contributed by atoms with Crippen molar-refractivity contribution < 1.29 is 15.0 Å². The van der Waals surface area contributed by atoms with Crippen LogP contribution in [0.25, 0.3) is 10.8 Å². The number of hydrogen-bond acceptors (Lipinski definition) is 10. The molecule has 2 saturated heterocycles. The zero-order valence-electron chi connectivity index (χ0n) is 22.8. The van der Waals surface area contributed by atoms with Crippen LogP contribution in [0.5, 0.6) is 5.75 Å². The monoisotopic (exact) mass is 543 g/mol. The SMILES string of the molecule is O=CC=CN1CCN(c2nc(N3CCN(CCO)CC3)nc3c2CCN(c2cc(O)cc4ccccc24)C3)CC1. The van der Waals surface area contributed by atoms with Crippen molar-refractivity contribution in [2.75, 3.05) is 86.8 Å². The standard InChI is InChI=1S/C30H37N7O3/c38-18-3-7-33-9-13-35(14-10-33)29-26-6-8-37(28-21-24(40)20-23-4-1-2-5-25(23)28)22-27(26)31-30(32-29)36-15-11-34(12-16-36)17-19-39/h1-5,7,18,20-21,39-40H,6,8-17,19,22H2. The van der Waals surface area contributed by atoms with Crippen LogP contribution >= 0.6 is 0 Å². The first-order chi connectivity index (χ1) is 19.6. The molecule has 2 fully saturated rings. The third-order valence-electron chi connectivity index (χ3n) is 8.26. The largest absolute Gasteiger partial charge is 0.508 e. The number of phenolic OH excluding ortho intramolecular Hbond substituents is 1. The summed E-state index contributed by atoms with van der Waals surface area (Å²) in [5, 5.41) is 22.0. The molecule has 0 atom stereocenters. The topological polar surface area (TPSA) is 99.5 Å². The van der Waals surface area contributed by atoms with Gasteiger partial charge < -0.3 is 29.8 Å². The molecule has 40 heavy (non-hydrogen) atoms. The number of allylic oxidation sites excluding steroid dienone is 1. The first kappa shape index (κ1) is 26.3. The molecular weight excluding hydrogens is 506 g/mol. The Morgan fingerprint density at radius 1 is 0.875 bits per heavy atom. The molecule has 0 radical (unpaired) electrons. The van der Waals surface area contributed by atoms with Crippen molar-refractivity contribution in [1.29, 1.82) is 0 Å². The number of phenols is 1. The van der Waals surface area contributed by atoms with E-state index >= 15 is 0 Å². The van der Waals surface area contributed by atoms with Crippen LogP contribution in [-0.2, 0) is 17.8 Å². The van der Waals surface area contributed by atoms with Gasteiger partial charge in [-0.15, -0.1) is 0 Å². The van der Waals surface area contributed by atoms with Crippen LogP contribution in [0.2, 0.25) is 0 Å². The summed E-state index contributed by atoms with van der Waals surface area (Å²) in [5.74, 6) is 2.06. The molecule has 10 heteroatoms. The Kier molecular flexibility index (Phi) is 7.70. The molecule has 0 saturated carbocycles. The maximum Gasteiger partial charge on any atom is 0.227 e. The van der Waals surface area contributed by atoms with Crippen molar-refractivity contribution in [2.45, 2.75) is 13.0 Å². The van der Waals surface area contributed by atoms with Gasteiger partial charge in [0.05, 0.1) is 18.8 Å². The minimum absolute atomic E-state index is 0.174. The lowest BCUT2D eigenvalue weighted by Crippen LogP contribution is -2.48. The van der Waals surface area contributed by atoms with E-state index in [0.717, 1.165) is 106 Å². The zero-order chi connectivity index (χ0) is 27.5. The molecule has 3 aromatic rings. The van der Waals surface area contributed by atoms with Gasteiger partial charge in [-0.1, -0.05) is 24.3 Å². The highest BCUT2D eigenvalue weighted by Gasteiger charge is 2.29. The lowest BCUT2D eigenvalue weighted by Gasteiger charge is -2.39. The number of aromatic nitrogens is 2. The summed E-state index contributed by atoms with van der Waals surface area (Å²) < 4.78 is 0. The van der Waals surface area contributed by atoms with Gasteiger partial charge in [-0.3, -0.25) is 9.69 Å². The molecule has 10 nitrogen and oxygen atoms in total. The Morgan fingerprint density at radius 2 is 1.65 bits per heavy atom. The summed E-state index contributed by atoms with van der Waals surface area (Å²) >= 11 is 0. The van der Waals surface area contributed by atoms with Crippen molar-refractivity contribution >= 4 is 34.5 Å². The van der Waals surface area contributed by atoms with Gasteiger partial charge in [-0.05, 0) is 23.9 Å². The summed E-state index contributed by atoms with van der Waals surface area (Å²) in [5.41, 5.74) is 3.27. The van der Waals surface area contributed by atoms with Gasteiger partial charge in [0, 0.05) is 94.4 Å². The predicted molar refractivity (Wildman–Crippen MR) is 157 cm³/mol. The molecule has 0 amide bonds. The van der Waals surface area contributed by atoms with E-state index < -0.39 is 0 Å². The average molecular weight is 544 g/mol. The van der Waals surface area contributed by atoms with Crippen LogP contribution in [0, 0.1) is 0 Å². The molecule has 1 aromatic heterocycles. The highest BCUT2D eigenvalue weighted by atomic mass is 16.3. The first-order valence-electron chi connectivity index (χ1n) is 14.2. The minimum atomic E-state index is 0.174. The number of aldehydes is 1. The zero-order valence-corrected chi connectivity index (χ0v) is 22.8. The Hall–Kier alpha value is -3.89. The van der Waals surface area contributed by atoms with Gasteiger partial charge in [0.2, 0.25) is 5.95 Å². The highest BCUT2D eigenvalue weighted by Crippen LogP contribution is 2.36. The Bertz CT molecular complexity index is 1380. The molecule has 2 aromatic carbocycles. The lowest BCUT2D eigenvalue weighted by atomic mass is 10.0. The number of nitrogens with zero attached hydrogens (tertiary/aromatic N) is 7. The summed E-state index contributed by atoms with van der Waals surface area (Å²) in [6, 6.07) is 11.9. The van der Waals surface area contributed by atoms with Gasteiger partial charge >= 0.3 is 0 Å². The van der Waals surface area contributed by atoms with E-state index in [2.05, 4.69) is 30.6 Å². The van der Waals surface area contributed by atoms with Crippen molar-refractivity contribution in [3.8, 4) is 5.75 Å². The summed E-state index contributed by atoms with van der Waals surface area (Å²) in [4.78, 5) is 32.5. The van der Waals surface area contributed by atoms with Crippen molar-refractivity contribution in [1.82, 2.24) is 19.8 Å². The third kappa shape index (κ3) is 5.41. The van der Waals surface area contributed by atoms with Gasteiger partial charge in [0.25, 0.3) is 0 Å². The number of fused-ring (bicyclic) bond motifs is 2. The number of rotatable bonds is 7. The first-order valence-corrected chi connectivity index (χ1v) is 14.2. The fourth-order valence-corrected chi connectivity index (χ4v) is 6.10. The fraction of sp³-hybridized carbons (Fsp3) is 0.433. The number of anilines is 3. The molecule has 0 bridgehead atoms. The lowest BCUT2D eigenvalue weighted by molar-refractivity contribution is -0.104. The van der Waals surface area contributed by atoms with Crippen LogP contribution < -0.4 is 14.7 Å². The van der Waals surface area contributed by atoms with E-state index in [-0.39, 0.29) is 12.4 Å². The molecule has 0 spiro atoms. The predicted octanol–water partition coefficient (Wildman–Crippen LogP) is 1.85. The van der Waals surface area contributed by atoms with E-state index in [9.17, 15) is 15.0 Å². The van der Waals surface area contributed by atoms with E-state index in [1.807, 2.05) is 36.5 Å². The summed E-state index contributed by atoms with van der Waals surface area (Å²) in [6.45, 7) is 9.06. The van der Waals surface area contributed by atoms with Crippen LogP contribution in [0.15, 0.2) is 48.7 Å². The Balaban J connectivity index is 1.32. The van der Waals surface area contributed by atoms with Crippen LogP contribution in [0.4, 0.5) is 17.5 Å². The second-order valence-electron chi connectivity index (χ2n) is 10.7. The third-order valence-corrected chi connectivity index (χ3v) is 8.26. The van der Waals surface area contributed by atoms with E-state index in [0.29, 0.717) is 13.1 Å². The molecule has 2 N–H and O–H groups in total. The number of piperazine rings is 2. The van der Waals surface area contributed by atoms with Crippen LogP contribution in [0.3, 0.4) is 0 Å².